The molecule has 0 aromatic heterocycles. The molecule has 0 rings (SSSR count). The van der Waals surface area contributed by atoms with Gasteiger partial charge < -0.3 is 27.4 Å². The molecule has 0 bridgehead atoms. The van der Waals surface area contributed by atoms with Crippen LogP contribution in [0.25, 0.3) is 0 Å². The summed E-state index contributed by atoms with van der Waals surface area (Å²) in [5, 5.41) is 0. The quantitative estimate of drug-likeness (QED) is 0.365. The molecule has 10 N–H and O–H groups in total. The number of rotatable bonds is 0. The van der Waals surface area contributed by atoms with E-state index in [1.165, 1.54) is 0 Å². The molecule has 5 nitrogen and oxygen atoms in total. The molecule has 0 heterocycles. The van der Waals surface area contributed by atoms with E-state index in [1.807, 2.05) is 0 Å². The molecule has 0 atom stereocenters. The van der Waals surface area contributed by atoms with Gasteiger partial charge in [-0.1, -0.05) is 0 Å². The minimum atomic E-state index is 0. The third-order valence-electron chi connectivity index (χ3n) is 0. The van der Waals surface area contributed by atoms with E-state index in [4.69, 9.17) is 0 Å². The van der Waals surface area contributed by atoms with E-state index in [0.29, 0.717) is 0 Å². The van der Waals surface area contributed by atoms with Crippen LogP contribution in [0, 0.1) is 0 Å². The van der Waals surface area contributed by atoms with Gasteiger partial charge in [0, 0.05) is 48.9 Å². The Morgan fingerprint density at radius 3 is 0.333 bits per heavy atom. The molecule has 2 radical (unpaired) electrons. The molecule has 6 heavy (non-hydrogen) atoms. The average Bonchev–Trinajstić information content (AvgIpc) is 0. The van der Waals surface area contributed by atoms with Gasteiger partial charge in [0.2, 0.25) is 0 Å². The van der Waals surface area contributed by atoms with Crippen molar-refractivity contribution in [3.63, 3.8) is 0 Å². The van der Waals surface area contributed by atoms with Gasteiger partial charge in [-0.15, -0.1) is 0 Å². The number of hydrogen-bond acceptors (Lipinski definition) is 0. The molecule has 0 saturated heterocycles. The monoisotopic (exact) mass is 228 g/mol. The maximum atomic E-state index is 0. The molecular weight excluding hydrogens is 217 g/mol. The minimum Gasteiger partial charge on any atom is -0.412 e. The summed E-state index contributed by atoms with van der Waals surface area (Å²) in [6.07, 6.45) is 0. The van der Waals surface area contributed by atoms with Crippen molar-refractivity contribution < 1.29 is 27.4 Å². The Morgan fingerprint density at radius 1 is 0.333 bits per heavy atom. The van der Waals surface area contributed by atoms with Crippen molar-refractivity contribution >= 4 is 48.9 Å². The first kappa shape index (κ1) is 159. The first-order valence-electron chi connectivity index (χ1n) is 0. The van der Waals surface area contributed by atoms with E-state index in [1.54, 1.807) is 0 Å². The first-order valence-corrected chi connectivity index (χ1v) is 0. The van der Waals surface area contributed by atoms with E-state index in [9.17, 15) is 0 Å². The Bertz CT molecular complexity index is 3.90. The van der Waals surface area contributed by atoms with E-state index in [2.05, 4.69) is 0 Å². The number of hydrogen-bond donors (Lipinski definition) is 0. The van der Waals surface area contributed by atoms with Gasteiger partial charge in [0.05, 0.1) is 0 Å². The predicted molar refractivity (Wildman–Crippen MR) is 23.8 cm³/mol. The Hall–Kier alpha value is 1.37. The Labute approximate surface area is 75.3 Å². The van der Waals surface area contributed by atoms with Crippen LogP contribution in [0.15, 0.2) is 0 Å². The SMILES string of the molecule is O.O.O.O.O.[Ba]. The zero-order chi connectivity index (χ0) is 0. The van der Waals surface area contributed by atoms with Gasteiger partial charge in [-0.3, -0.25) is 0 Å². The van der Waals surface area contributed by atoms with Crippen molar-refractivity contribution in [2.75, 3.05) is 0 Å². The zero-order valence-corrected chi connectivity index (χ0v) is 7.65. The van der Waals surface area contributed by atoms with Crippen LogP contribution in [0.1, 0.15) is 0 Å². The van der Waals surface area contributed by atoms with Crippen LogP contribution < -0.4 is 0 Å². The minimum absolute atomic E-state index is 0. The molecule has 0 aromatic rings. The molecule has 0 aliphatic rings. The molecule has 0 aliphatic carbocycles. The smallest absolute Gasteiger partial charge is 0 e. The summed E-state index contributed by atoms with van der Waals surface area (Å²) in [6, 6.07) is 0. The molecular formula is H10BaO5. The third-order valence-corrected chi connectivity index (χ3v) is 0. The second-order valence-corrected chi connectivity index (χ2v) is 0. The standard InChI is InChI=1S/Ba.5H2O/h;5*1H2. The van der Waals surface area contributed by atoms with Crippen molar-refractivity contribution in [2.24, 2.45) is 0 Å². The molecule has 6 heteroatoms. The normalized spacial score (nSPS) is 0. The predicted octanol–water partition coefficient (Wildman–Crippen LogP) is -4.50. The van der Waals surface area contributed by atoms with Crippen LogP contribution in [0.4, 0.5) is 0 Å². The van der Waals surface area contributed by atoms with E-state index >= 15 is 0 Å². The van der Waals surface area contributed by atoms with Gasteiger partial charge in [-0.2, -0.15) is 0 Å². The topological polar surface area (TPSA) is 158 Å². The Balaban J connectivity index is 0. The Kier molecular flexibility index (Phi) is 2590. The fourth-order valence-electron chi connectivity index (χ4n) is 0. The maximum absolute atomic E-state index is 0. The summed E-state index contributed by atoms with van der Waals surface area (Å²) >= 11 is 0. The molecule has 42 valence electrons. The second-order valence-electron chi connectivity index (χ2n) is 0. The average molecular weight is 227 g/mol. The molecule has 0 amide bonds. The van der Waals surface area contributed by atoms with Crippen molar-refractivity contribution in [1.82, 2.24) is 0 Å². The second kappa shape index (κ2) is 97.7. The molecule has 0 fully saturated rings. The van der Waals surface area contributed by atoms with Crippen molar-refractivity contribution in [3.05, 3.63) is 0 Å². The summed E-state index contributed by atoms with van der Waals surface area (Å²) < 4.78 is 0. The molecule has 0 spiro atoms. The summed E-state index contributed by atoms with van der Waals surface area (Å²) in [5.41, 5.74) is 0. The van der Waals surface area contributed by atoms with E-state index in [0.717, 1.165) is 0 Å². The van der Waals surface area contributed by atoms with Crippen LogP contribution in [-0.4, -0.2) is 76.3 Å². The largest absolute Gasteiger partial charge is 0.412 e. The summed E-state index contributed by atoms with van der Waals surface area (Å²) in [6.45, 7) is 0. The summed E-state index contributed by atoms with van der Waals surface area (Å²) in [5.74, 6) is 0. The fourth-order valence-corrected chi connectivity index (χ4v) is 0. The van der Waals surface area contributed by atoms with E-state index < -0.39 is 0 Å². The van der Waals surface area contributed by atoms with Crippen molar-refractivity contribution in [3.8, 4) is 0 Å². The zero-order valence-electron chi connectivity index (χ0n) is 3.21. The van der Waals surface area contributed by atoms with Crippen LogP contribution in [0.5, 0.6) is 0 Å². The van der Waals surface area contributed by atoms with Crippen LogP contribution >= 0.6 is 0 Å². The van der Waals surface area contributed by atoms with Crippen LogP contribution in [-0.2, 0) is 0 Å². The first-order chi connectivity index (χ1) is 0. The molecule has 0 unspecified atom stereocenters. The summed E-state index contributed by atoms with van der Waals surface area (Å²) in [7, 11) is 0. The van der Waals surface area contributed by atoms with Crippen molar-refractivity contribution in [1.29, 1.82) is 0 Å². The van der Waals surface area contributed by atoms with Gasteiger partial charge in [0.15, 0.2) is 0 Å². The Morgan fingerprint density at radius 2 is 0.333 bits per heavy atom. The maximum Gasteiger partial charge on any atom is 0 e. The molecule has 0 aromatic carbocycles. The molecule has 0 aliphatic heterocycles. The van der Waals surface area contributed by atoms with Gasteiger partial charge in [-0.25, -0.2) is 0 Å². The van der Waals surface area contributed by atoms with Crippen LogP contribution in [0.2, 0.25) is 0 Å². The van der Waals surface area contributed by atoms with E-state index in [-0.39, 0.29) is 76.3 Å². The van der Waals surface area contributed by atoms with Gasteiger partial charge in [-0.05, 0) is 0 Å². The van der Waals surface area contributed by atoms with Gasteiger partial charge >= 0.3 is 0 Å². The summed E-state index contributed by atoms with van der Waals surface area (Å²) in [4.78, 5) is 0. The molecule has 0 saturated carbocycles. The fraction of sp³-hybridized carbons (Fsp3) is 0. The van der Waals surface area contributed by atoms with Crippen molar-refractivity contribution in [2.45, 2.75) is 0 Å². The van der Waals surface area contributed by atoms with Crippen LogP contribution in [0.3, 0.4) is 0 Å². The van der Waals surface area contributed by atoms with Gasteiger partial charge in [0.25, 0.3) is 0 Å². The van der Waals surface area contributed by atoms with Gasteiger partial charge in [0.1, 0.15) is 0 Å². The third kappa shape index (κ3) is 54.6.